The van der Waals surface area contributed by atoms with Gasteiger partial charge in [-0.1, -0.05) is 25.8 Å². The third-order valence-electron chi connectivity index (χ3n) is 7.70. The molecule has 0 N–H and O–H groups in total. The van der Waals surface area contributed by atoms with Crippen molar-refractivity contribution >= 4 is 11.9 Å². The van der Waals surface area contributed by atoms with Crippen molar-refractivity contribution in [3.05, 3.63) is 12.2 Å². The molecule has 0 saturated heterocycles. The molecule has 0 heterocycles. The summed E-state index contributed by atoms with van der Waals surface area (Å²) < 4.78 is 23.7. The number of esters is 2. The third-order valence-corrected chi connectivity index (χ3v) is 7.70. The predicted molar refractivity (Wildman–Crippen MR) is 115 cm³/mol. The zero-order chi connectivity index (χ0) is 22.2. The summed E-state index contributed by atoms with van der Waals surface area (Å²) >= 11 is 0. The van der Waals surface area contributed by atoms with Crippen LogP contribution in [0.1, 0.15) is 85.0 Å². The van der Waals surface area contributed by atoms with Crippen LogP contribution in [0.25, 0.3) is 0 Å². The topological polar surface area (TPSA) is 71.1 Å². The quantitative estimate of drug-likeness (QED) is 0.313. The molecule has 174 valence electrons. The van der Waals surface area contributed by atoms with E-state index in [4.69, 9.17) is 18.9 Å². The van der Waals surface area contributed by atoms with Gasteiger partial charge in [0.1, 0.15) is 6.10 Å². The first-order valence-electron chi connectivity index (χ1n) is 12.1. The zero-order valence-corrected chi connectivity index (χ0v) is 19.3. The Morgan fingerprint density at radius 1 is 1.00 bits per heavy atom. The fraction of sp³-hybridized carbons (Fsp3) is 0.840. The van der Waals surface area contributed by atoms with Crippen LogP contribution >= 0.6 is 0 Å². The Hall–Kier alpha value is -1.40. The Bertz CT molecular complexity index is 680. The highest BCUT2D eigenvalue weighted by molar-refractivity contribution is 5.87. The first-order chi connectivity index (χ1) is 14.7. The molecule has 0 amide bonds. The molecule has 0 radical (unpaired) electrons. The monoisotopic (exact) mass is 434 g/mol. The zero-order valence-electron chi connectivity index (χ0n) is 19.3. The van der Waals surface area contributed by atoms with Crippen molar-refractivity contribution in [2.75, 3.05) is 0 Å². The lowest BCUT2D eigenvalue weighted by Crippen LogP contribution is -2.60. The van der Waals surface area contributed by atoms with E-state index in [1.165, 1.54) is 19.3 Å². The lowest BCUT2D eigenvalue weighted by Gasteiger charge is -2.59. The molecule has 5 rings (SSSR count). The molecular formula is C25H38O6. The fourth-order valence-electron chi connectivity index (χ4n) is 6.65. The number of hydrogen-bond donors (Lipinski definition) is 0. The van der Waals surface area contributed by atoms with Crippen LogP contribution in [0.3, 0.4) is 0 Å². The van der Waals surface area contributed by atoms with Crippen LogP contribution in [0.4, 0.5) is 0 Å². The second-order valence-electron chi connectivity index (χ2n) is 10.5. The van der Waals surface area contributed by atoms with Gasteiger partial charge in [0.05, 0.1) is 11.7 Å². The maximum absolute atomic E-state index is 12.7. The molecule has 0 aromatic heterocycles. The molecule has 5 aliphatic carbocycles. The Morgan fingerprint density at radius 2 is 1.65 bits per heavy atom. The van der Waals surface area contributed by atoms with E-state index in [-0.39, 0.29) is 29.7 Å². The molecule has 6 nitrogen and oxygen atoms in total. The van der Waals surface area contributed by atoms with Gasteiger partial charge in [0, 0.05) is 5.57 Å². The van der Waals surface area contributed by atoms with E-state index in [1.54, 1.807) is 20.8 Å². The number of rotatable bonds is 8. The van der Waals surface area contributed by atoms with Gasteiger partial charge < -0.3 is 18.9 Å². The number of hydrogen-bond acceptors (Lipinski definition) is 6. The normalized spacial score (nSPS) is 36.6. The van der Waals surface area contributed by atoms with Crippen LogP contribution < -0.4 is 0 Å². The maximum atomic E-state index is 12.7. The highest BCUT2D eigenvalue weighted by Gasteiger charge is 2.58. The SMILES string of the molecule is C=C(C)C(=O)OC1C2CC3CC1CC(OC(C)C(=O)OC(C)OC1CCCCC1)(C3)C2. The number of carbonyl (C=O) groups is 2. The van der Waals surface area contributed by atoms with Gasteiger partial charge in [-0.15, -0.1) is 0 Å². The third kappa shape index (κ3) is 5.16. The van der Waals surface area contributed by atoms with Gasteiger partial charge in [-0.25, -0.2) is 9.59 Å². The summed E-state index contributed by atoms with van der Waals surface area (Å²) in [6.45, 7) is 8.98. The molecule has 31 heavy (non-hydrogen) atoms. The summed E-state index contributed by atoms with van der Waals surface area (Å²) in [5.74, 6) is 0.521. The standard InChI is InChI=1S/C25H38O6/c1-15(2)23(26)30-22-19-10-18-11-20(22)14-25(12-18,13-19)31-16(3)24(27)29-17(4)28-21-8-6-5-7-9-21/h16-22H,1,5-14H2,2-4H3. The predicted octanol–water partition coefficient (Wildman–Crippen LogP) is 4.70. The lowest BCUT2D eigenvalue weighted by molar-refractivity contribution is -0.236. The first-order valence-corrected chi connectivity index (χ1v) is 12.1. The van der Waals surface area contributed by atoms with Gasteiger partial charge in [0.15, 0.2) is 6.10 Å². The Labute approximate surface area is 186 Å². The van der Waals surface area contributed by atoms with Crippen LogP contribution in [-0.2, 0) is 28.5 Å². The Morgan fingerprint density at radius 3 is 2.26 bits per heavy atom. The highest BCUT2D eigenvalue weighted by atomic mass is 16.7. The van der Waals surface area contributed by atoms with Crippen LogP contribution in [0.5, 0.6) is 0 Å². The fourth-order valence-corrected chi connectivity index (χ4v) is 6.65. The van der Waals surface area contributed by atoms with Gasteiger partial charge in [0.2, 0.25) is 6.29 Å². The summed E-state index contributed by atoms with van der Waals surface area (Å²) in [5.41, 5.74) is 0.134. The van der Waals surface area contributed by atoms with Gasteiger partial charge >= 0.3 is 11.9 Å². The molecular weight excluding hydrogens is 396 g/mol. The number of ether oxygens (including phenoxy) is 4. The van der Waals surface area contributed by atoms with Crippen molar-refractivity contribution in [1.29, 1.82) is 0 Å². The molecule has 5 aliphatic rings. The Kier molecular flexibility index (Phi) is 6.78. The van der Waals surface area contributed by atoms with E-state index >= 15 is 0 Å². The van der Waals surface area contributed by atoms with Crippen molar-refractivity contribution in [1.82, 2.24) is 0 Å². The lowest BCUT2D eigenvalue weighted by atomic mass is 9.53. The summed E-state index contributed by atoms with van der Waals surface area (Å²) in [7, 11) is 0. The van der Waals surface area contributed by atoms with Gasteiger partial charge in [-0.2, -0.15) is 0 Å². The van der Waals surface area contributed by atoms with E-state index < -0.39 is 12.4 Å². The molecule has 4 bridgehead atoms. The van der Waals surface area contributed by atoms with Gasteiger partial charge in [-0.05, 0) is 83.5 Å². The van der Waals surface area contributed by atoms with E-state index in [0.717, 1.165) is 44.9 Å². The van der Waals surface area contributed by atoms with E-state index in [9.17, 15) is 9.59 Å². The van der Waals surface area contributed by atoms with E-state index in [1.807, 2.05) is 0 Å². The Balaban J connectivity index is 1.31. The molecule has 6 heteroatoms. The average molecular weight is 435 g/mol. The summed E-state index contributed by atoms with van der Waals surface area (Å²) in [4.78, 5) is 24.8. The molecule has 0 spiro atoms. The highest BCUT2D eigenvalue weighted by Crippen LogP contribution is 2.58. The minimum Gasteiger partial charge on any atom is -0.458 e. The smallest absolute Gasteiger partial charge is 0.337 e. The van der Waals surface area contributed by atoms with E-state index in [0.29, 0.717) is 23.3 Å². The first kappa shape index (κ1) is 22.8. The minimum absolute atomic E-state index is 0.0522. The van der Waals surface area contributed by atoms with Crippen LogP contribution in [0, 0.1) is 17.8 Å². The van der Waals surface area contributed by atoms with Crippen molar-refractivity contribution in [2.24, 2.45) is 17.8 Å². The van der Waals surface area contributed by atoms with Gasteiger partial charge in [0.25, 0.3) is 0 Å². The van der Waals surface area contributed by atoms with Crippen molar-refractivity contribution < 1.29 is 28.5 Å². The second-order valence-corrected chi connectivity index (χ2v) is 10.5. The molecule has 4 unspecified atom stereocenters. The minimum atomic E-state index is -0.634. The summed E-state index contributed by atoms with van der Waals surface area (Å²) in [5, 5.41) is 0. The van der Waals surface area contributed by atoms with Crippen molar-refractivity contribution in [2.45, 2.75) is 115 Å². The largest absolute Gasteiger partial charge is 0.458 e. The molecule has 4 atom stereocenters. The maximum Gasteiger partial charge on any atom is 0.337 e. The summed E-state index contributed by atoms with van der Waals surface area (Å²) in [6, 6.07) is 0. The van der Waals surface area contributed by atoms with Crippen LogP contribution in [-0.4, -0.2) is 42.1 Å². The van der Waals surface area contributed by atoms with Crippen LogP contribution in [0.2, 0.25) is 0 Å². The van der Waals surface area contributed by atoms with Gasteiger partial charge in [-0.3, -0.25) is 0 Å². The molecule has 0 aromatic carbocycles. The van der Waals surface area contributed by atoms with E-state index in [2.05, 4.69) is 6.58 Å². The van der Waals surface area contributed by atoms with Crippen LogP contribution in [0.15, 0.2) is 12.2 Å². The molecule has 5 fully saturated rings. The van der Waals surface area contributed by atoms with Crippen molar-refractivity contribution in [3.8, 4) is 0 Å². The molecule has 0 aliphatic heterocycles. The molecule has 5 saturated carbocycles. The average Bonchev–Trinajstić information content (AvgIpc) is 2.70. The van der Waals surface area contributed by atoms with Crippen molar-refractivity contribution in [3.63, 3.8) is 0 Å². The molecule has 0 aromatic rings. The number of carbonyl (C=O) groups excluding carboxylic acids is 2. The second kappa shape index (κ2) is 9.22. The summed E-state index contributed by atoms with van der Waals surface area (Å²) in [6.07, 6.45) is 9.44.